The fourth-order valence-corrected chi connectivity index (χ4v) is 2.65. The minimum atomic E-state index is -0.458. The van der Waals surface area contributed by atoms with Crippen molar-refractivity contribution in [1.29, 1.82) is 0 Å². The van der Waals surface area contributed by atoms with Crippen molar-refractivity contribution in [2.45, 2.75) is 25.9 Å². The second-order valence-electron chi connectivity index (χ2n) is 5.84. The van der Waals surface area contributed by atoms with Gasteiger partial charge in [-0.25, -0.2) is 0 Å². The third-order valence-electron chi connectivity index (χ3n) is 4.26. The number of nitrogens with one attached hydrogen (secondary N) is 1. The van der Waals surface area contributed by atoms with Crippen molar-refractivity contribution < 1.29 is 14.5 Å². The standard InChI is InChI=1S/C17H23N3O4/c1-13(14(2)19-9-11-24-12-10-19)18-17(21)8-7-15-5-3-4-6-16(15)20(22)23/h3-8,13-14H,9-12H2,1-2H3,(H,18,21)/b8-7+. The molecule has 2 rings (SSSR count). The molecule has 1 aliphatic heterocycles. The molecule has 0 bridgehead atoms. The highest BCUT2D eigenvalue weighted by atomic mass is 16.6. The largest absolute Gasteiger partial charge is 0.379 e. The van der Waals surface area contributed by atoms with Gasteiger partial charge >= 0.3 is 0 Å². The summed E-state index contributed by atoms with van der Waals surface area (Å²) in [7, 11) is 0. The summed E-state index contributed by atoms with van der Waals surface area (Å²) >= 11 is 0. The Kier molecular flexibility index (Phi) is 6.45. The SMILES string of the molecule is CC(NC(=O)/C=C/c1ccccc1[N+](=O)[O-])C(C)N1CCOCC1. The van der Waals surface area contributed by atoms with Crippen molar-refractivity contribution >= 4 is 17.7 Å². The first-order valence-electron chi connectivity index (χ1n) is 8.03. The second kappa shape index (κ2) is 8.56. The maximum Gasteiger partial charge on any atom is 0.276 e. The summed E-state index contributed by atoms with van der Waals surface area (Å²) in [6, 6.07) is 6.49. The number of nitro groups is 1. The number of amides is 1. The zero-order valence-electron chi connectivity index (χ0n) is 14.0. The first kappa shape index (κ1) is 18.1. The highest BCUT2D eigenvalue weighted by molar-refractivity contribution is 5.92. The van der Waals surface area contributed by atoms with Crippen LogP contribution < -0.4 is 5.32 Å². The molecule has 7 heteroatoms. The number of carbonyl (C=O) groups is 1. The predicted octanol–water partition coefficient (Wildman–Crippen LogP) is 1.83. The van der Waals surface area contributed by atoms with Crippen LogP contribution >= 0.6 is 0 Å². The minimum absolute atomic E-state index is 0.0173. The number of nitrogens with zero attached hydrogens (tertiary/aromatic N) is 2. The van der Waals surface area contributed by atoms with Crippen molar-refractivity contribution in [2.75, 3.05) is 26.3 Å². The maximum atomic E-state index is 12.1. The van der Waals surface area contributed by atoms with Gasteiger partial charge in [-0.15, -0.1) is 0 Å². The zero-order chi connectivity index (χ0) is 17.5. The van der Waals surface area contributed by atoms with Gasteiger partial charge in [0.25, 0.3) is 5.69 Å². The van der Waals surface area contributed by atoms with E-state index in [-0.39, 0.29) is 23.7 Å². The van der Waals surface area contributed by atoms with Crippen molar-refractivity contribution in [2.24, 2.45) is 0 Å². The molecule has 0 radical (unpaired) electrons. The molecule has 1 heterocycles. The molecule has 1 aromatic rings. The van der Waals surface area contributed by atoms with Crippen LogP contribution in [0, 0.1) is 10.1 Å². The number of rotatable bonds is 6. The van der Waals surface area contributed by atoms with E-state index >= 15 is 0 Å². The van der Waals surface area contributed by atoms with Crippen molar-refractivity contribution in [1.82, 2.24) is 10.2 Å². The van der Waals surface area contributed by atoms with Gasteiger partial charge in [0.05, 0.1) is 23.7 Å². The summed E-state index contributed by atoms with van der Waals surface area (Å²) in [6.07, 6.45) is 2.81. The monoisotopic (exact) mass is 333 g/mol. The molecule has 1 amide bonds. The quantitative estimate of drug-likeness (QED) is 0.488. The number of nitro benzene ring substituents is 1. The number of hydrogen-bond acceptors (Lipinski definition) is 5. The van der Waals surface area contributed by atoms with Crippen LogP contribution in [-0.2, 0) is 9.53 Å². The van der Waals surface area contributed by atoms with Crippen LogP contribution in [0.4, 0.5) is 5.69 Å². The van der Waals surface area contributed by atoms with Crippen LogP contribution in [0.3, 0.4) is 0 Å². The summed E-state index contributed by atoms with van der Waals surface area (Å²) < 4.78 is 5.33. The van der Waals surface area contributed by atoms with Gasteiger partial charge in [-0.2, -0.15) is 0 Å². The maximum absolute atomic E-state index is 12.1. The molecule has 0 spiro atoms. The molecule has 1 aliphatic rings. The van der Waals surface area contributed by atoms with Gasteiger partial charge in [0.2, 0.25) is 5.91 Å². The number of ether oxygens (including phenoxy) is 1. The third-order valence-corrected chi connectivity index (χ3v) is 4.26. The van der Waals surface area contributed by atoms with E-state index in [1.807, 2.05) is 6.92 Å². The first-order valence-corrected chi connectivity index (χ1v) is 8.03. The lowest BCUT2D eigenvalue weighted by molar-refractivity contribution is -0.385. The van der Waals surface area contributed by atoms with E-state index in [0.717, 1.165) is 13.1 Å². The van der Waals surface area contributed by atoms with Gasteiger partial charge in [-0.1, -0.05) is 12.1 Å². The lowest BCUT2D eigenvalue weighted by Crippen LogP contribution is -2.51. The Labute approximate surface area is 141 Å². The first-order chi connectivity index (χ1) is 11.5. The molecule has 1 N–H and O–H groups in total. The number of carbonyl (C=O) groups excluding carboxylic acids is 1. The summed E-state index contributed by atoms with van der Waals surface area (Å²) in [5, 5.41) is 13.9. The molecule has 130 valence electrons. The smallest absolute Gasteiger partial charge is 0.276 e. The van der Waals surface area contributed by atoms with Crippen LogP contribution in [0.25, 0.3) is 6.08 Å². The molecular formula is C17H23N3O4. The van der Waals surface area contributed by atoms with Gasteiger partial charge in [0.1, 0.15) is 0 Å². The Bertz CT molecular complexity index is 612. The van der Waals surface area contributed by atoms with Crippen molar-refractivity contribution in [3.8, 4) is 0 Å². The highest BCUT2D eigenvalue weighted by Gasteiger charge is 2.22. The van der Waals surface area contributed by atoms with Gasteiger partial charge in [0.15, 0.2) is 0 Å². The number of para-hydroxylation sites is 1. The van der Waals surface area contributed by atoms with E-state index in [1.54, 1.807) is 18.2 Å². The lowest BCUT2D eigenvalue weighted by atomic mass is 10.1. The second-order valence-corrected chi connectivity index (χ2v) is 5.84. The Hall–Kier alpha value is -2.25. The van der Waals surface area contributed by atoms with Gasteiger partial charge in [-0.05, 0) is 26.0 Å². The Morgan fingerprint density at radius 2 is 2.00 bits per heavy atom. The van der Waals surface area contributed by atoms with Gasteiger partial charge in [0, 0.05) is 37.3 Å². The van der Waals surface area contributed by atoms with E-state index < -0.39 is 4.92 Å². The number of hydrogen-bond donors (Lipinski definition) is 1. The predicted molar refractivity (Wildman–Crippen MR) is 91.6 cm³/mol. The minimum Gasteiger partial charge on any atom is -0.379 e. The van der Waals surface area contributed by atoms with E-state index in [9.17, 15) is 14.9 Å². The van der Waals surface area contributed by atoms with E-state index in [0.29, 0.717) is 18.8 Å². The molecule has 2 unspecified atom stereocenters. The average Bonchev–Trinajstić information content (AvgIpc) is 2.60. The molecular weight excluding hydrogens is 310 g/mol. The molecule has 2 atom stereocenters. The van der Waals surface area contributed by atoms with Gasteiger partial charge < -0.3 is 10.1 Å². The third kappa shape index (κ3) is 4.87. The van der Waals surface area contributed by atoms with E-state index in [2.05, 4.69) is 17.1 Å². The number of benzene rings is 1. The summed E-state index contributed by atoms with van der Waals surface area (Å²) in [5.74, 6) is -0.263. The van der Waals surface area contributed by atoms with Crippen LogP contribution in [0.5, 0.6) is 0 Å². The molecule has 1 saturated heterocycles. The molecule has 0 aliphatic carbocycles. The van der Waals surface area contributed by atoms with Crippen molar-refractivity contribution in [3.05, 3.63) is 46.0 Å². The summed E-state index contributed by atoms with van der Waals surface area (Å²) in [5.41, 5.74) is 0.391. The Morgan fingerprint density at radius 3 is 2.67 bits per heavy atom. The molecule has 0 saturated carbocycles. The van der Waals surface area contributed by atoms with Crippen LogP contribution in [0.2, 0.25) is 0 Å². The van der Waals surface area contributed by atoms with E-state index in [4.69, 9.17) is 4.74 Å². The molecule has 1 fully saturated rings. The van der Waals surface area contributed by atoms with E-state index in [1.165, 1.54) is 18.2 Å². The topological polar surface area (TPSA) is 84.7 Å². The van der Waals surface area contributed by atoms with Crippen LogP contribution in [0.1, 0.15) is 19.4 Å². The normalized spacial score (nSPS) is 18.2. The summed E-state index contributed by atoms with van der Waals surface area (Å²) in [6.45, 7) is 7.16. The highest BCUT2D eigenvalue weighted by Crippen LogP contribution is 2.18. The zero-order valence-corrected chi connectivity index (χ0v) is 14.0. The van der Waals surface area contributed by atoms with Crippen LogP contribution in [-0.4, -0.2) is 54.1 Å². The van der Waals surface area contributed by atoms with Crippen LogP contribution in [0.15, 0.2) is 30.3 Å². The van der Waals surface area contributed by atoms with Gasteiger partial charge in [-0.3, -0.25) is 19.8 Å². The fraction of sp³-hybridized carbons (Fsp3) is 0.471. The Morgan fingerprint density at radius 1 is 1.33 bits per heavy atom. The molecule has 0 aromatic heterocycles. The lowest BCUT2D eigenvalue weighted by Gasteiger charge is -2.35. The summed E-state index contributed by atoms with van der Waals surface area (Å²) in [4.78, 5) is 24.9. The molecule has 24 heavy (non-hydrogen) atoms. The molecule has 7 nitrogen and oxygen atoms in total. The van der Waals surface area contributed by atoms with Crippen molar-refractivity contribution in [3.63, 3.8) is 0 Å². The average molecular weight is 333 g/mol. The number of morpholine rings is 1. The Balaban J connectivity index is 1.93. The fourth-order valence-electron chi connectivity index (χ4n) is 2.65. The molecule has 1 aromatic carbocycles.